The number of aliphatic hydroxyl groups is 1. The molecule has 0 radical (unpaired) electrons. The topological polar surface area (TPSA) is 263 Å². The molecule has 99 heavy (non-hydrogen) atoms. The van der Waals surface area contributed by atoms with Gasteiger partial charge in [-0.05, 0) is 151 Å². The average Bonchev–Trinajstić information content (AvgIpc) is 1.73. The lowest BCUT2D eigenvalue weighted by Crippen LogP contribution is -2.45. The summed E-state index contributed by atoms with van der Waals surface area (Å²) in [7, 11) is 0. The quantitative estimate of drug-likeness (QED) is 0.0901. The van der Waals surface area contributed by atoms with Crippen LogP contribution in [0.1, 0.15) is 191 Å². The Morgan fingerprint density at radius 1 is 0.545 bits per heavy atom. The van der Waals surface area contributed by atoms with Crippen molar-refractivity contribution in [2.75, 3.05) is 9.80 Å². The van der Waals surface area contributed by atoms with Crippen molar-refractivity contribution >= 4 is 35.7 Å². The lowest BCUT2D eigenvalue weighted by molar-refractivity contribution is -0.299. The van der Waals surface area contributed by atoms with E-state index in [1.54, 1.807) is 58.0 Å². The number of carbonyl (C=O) groups is 4. The molecular weight excluding hydrogens is 1340 g/mol. The second-order valence-corrected chi connectivity index (χ2v) is 27.9. The van der Waals surface area contributed by atoms with E-state index in [0.717, 1.165) is 0 Å². The molecule has 2 aliphatic rings. The van der Waals surface area contributed by atoms with E-state index >= 15 is 13.2 Å². The van der Waals surface area contributed by atoms with Gasteiger partial charge in [0.1, 0.15) is 45.7 Å². The van der Waals surface area contributed by atoms with Crippen LogP contribution in [-0.4, -0.2) is 107 Å². The number of aromatic nitrogens is 6. The molecule has 0 spiro atoms. The molecule has 548 valence electrons. The van der Waals surface area contributed by atoms with Gasteiger partial charge in [0.05, 0.1) is 18.0 Å². The fourth-order valence-corrected chi connectivity index (χ4v) is 9.50. The predicted octanol–water partition coefficient (Wildman–Crippen LogP) is 17.9. The zero-order valence-electron chi connectivity index (χ0n) is 57.2. The van der Waals surface area contributed by atoms with Crippen LogP contribution in [0.3, 0.4) is 0 Å². The summed E-state index contributed by atoms with van der Waals surface area (Å²) in [5.41, 5.74) is -18.2. The predicted molar refractivity (Wildman–Crippen MR) is 328 cm³/mol. The molecular formula is C65H80F12N8O14. The Morgan fingerprint density at radius 3 is 1.35 bits per heavy atom. The van der Waals surface area contributed by atoms with Gasteiger partial charge in [-0.25, -0.2) is 29.1 Å². The number of nitrogens with zero attached hydrogens (tertiary/aromatic N) is 8. The third kappa shape index (κ3) is 20.4. The number of imide groups is 2. The van der Waals surface area contributed by atoms with Crippen molar-refractivity contribution in [3.05, 3.63) is 83.1 Å². The Labute approximate surface area is 562 Å². The maximum atomic E-state index is 15.3. The zero-order valence-corrected chi connectivity index (χ0v) is 57.2. The van der Waals surface area contributed by atoms with Gasteiger partial charge >= 0.3 is 49.1 Å². The average molecular weight is 1430 g/mol. The largest absolute Gasteiger partial charge is 0.474 e. The summed E-state index contributed by atoms with van der Waals surface area (Å²) >= 11 is 0. The van der Waals surface area contributed by atoms with E-state index in [2.05, 4.69) is 30.4 Å². The molecule has 6 heterocycles. The van der Waals surface area contributed by atoms with E-state index in [4.69, 9.17) is 42.0 Å². The highest BCUT2D eigenvalue weighted by Gasteiger charge is 2.62. The van der Waals surface area contributed by atoms with Crippen LogP contribution in [0.15, 0.2) is 63.5 Å². The van der Waals surface area contributed by atoms with Gasteiger partial charge in [-0.3, -0.25) is 0 Å². The van der Waals surface area contributed by atoms with Crippen molar-refractivity contribution in [2.45, 2.75) is 239 Å². The van der Waals surface area contributed by atoms with Gasteiger partial charge in [0.15, 0.2) is 11.4 Å². The van der Waals surface area contributed by atoms with Crippen LogP contribution in [-0.2, 0) is 53.8 Å². The Hall–Kier alpha value is -8.30. The Bertz CT molecular complexity index is 3600. The third-order valence-corrected chi connectivity index (χ3v) is 14.3. The molecule has 4 amide bonds. The van der Waals surface area contributed by atoms with E-state index in [1.807, 2.05) is 0 Å². The first kappa shape index (κ1) is 79.7. The van der Waals surface area contributed by atoms with Crippen molar-refractivity contribution in [3.63, 3.8) is 0 Å². The van der Waals surface area contributed by atoms with Gasteiger partial charge in [-0.2, -0.15) is 62.5 Å². The van der Waals surface area contributed by atoms with Crippen LogP contribution in [0.5, 0.6) is 11.8 Å². The standard InChI is InChI=1S/C36H42F6N4O7.C29H38F6N4O7/c1-21(2)25-17-13-10-14-18-34(36(40,41)42,49-20-22-15-11-9-12-16-22)29-45-44-28(51-29)26-24(19-23(35(37,38)39)27(43-26)50-25)46(30(47)52-32(3,4)5)31(48)53-33(6,7)8;1-15(2)18-12-10-9-11-13-27(42,29(33,34)35)22-38-37-21(44-22)19-17(14-16(28(30,31)32)20(36-19)43-18)39(23(40)45-25(3,4)5)24(41)46-26(6,7)8/h9-13,15-16,19,21,25H,14,17-18,20H2,1-8H3;14-15,18,42H,9-13H2,1-8H3/t25?,34-;18?,27-/m11/s1. The van der Waals surface area contributed by atoms with Crippen LogP contribution in [0.2, 0.25) is 0 Å². The lowest BCUT2D eigenvalue weighted by atomic mass is 9.93. The highest BCUT2D eigenvalue weighted by atomic mass is 19.4. The Balaban J connectivity index is 0.000000315. The molecule has 1 N–H and O–H groups in total. The van der Waals surface area contributed by atoms with Gasteiger partial charge in [0.2, 0.25) is 23.0 Å². The van der Waals surface area contributed by atoms with E-state index in [-0.39, 0.29) is 54.2 Å². The van der Waals surface area contributed by atoms with Gasteiger partial charge < -0.3 is 47.1 Å². The summed E-state index contributed by atoms with van der Waals surface area (Å²) in [6, 6.07) is 8.73. The summed E-state index contributed by atoms with van der Waals surface area (Å²) in [4.78, 5) is 62.4. The Kier molecular flexibility index (Phi) is 24.0. The van der Waals surface area contributed by atoms with Gasteiger partial charge in [0.25, 0.3) is 23.6 Å². The number of benzene rings is 1. The SMILES string of the molecule is CC(C)C1CC=CCC[C@](OCc2ccccc2)(C(F)(F)F)c2nnc(o2)-c2nc(c(C(F)(F)F)cc2N(C(=O)OC(C)(C)C)C(=O)OC(C)(C)C)O1.CC(C)C1CCCCC[C@](O)(C(F)(F)F)c2nnc(o2)-c2nc(c(C(F)(F)F)cc2N(C(=O)OC(C)(C)C)C(=O)OC(C)(C)C)O1. The van der Waals surface area contributed by atoms with Crippen molar-refractivity contribution in [1.82, 2.24) is 30.4 Å². The molecule has 0 saturated carbocycles. The number of halogens is 12. The number of hydrogen-bond acceptors (Lipinski definition) is 20. The first-order valence-electron chi connectivity index (χ1n) is 31.2. The first-order chi connectivity index (χ1) is 45.3. The summed E-state index contributed by atoms with van der Waals surface area (Å²) in [5.74, 6) is -7.09. The molecule has 5 aromatic rings. The smallest absolute Gasteiger partial charge is 0.426 e. The number of ether oxygens (including phenoxy) is 7. The van der Waals surface area contributed by atoms with Gasteiger partial charge in [-0.15, -0.1) is 20.4 Å². The first-order valence-corrected chi connectivity index (χ1v) is 31.2. The van der Waals surface area contributed by atoms with Crippen LogP contribution in [0.25, 0.3) is 23.2 Å². The number of carbonyl (C=O) groups excluding carboxylic acids is 4. The molecule has 2 unspecified atom stereocenters. The van der Waals surface area contributed by atoms with Gasteiger partial charge in [-0.1, -0.05) is 76.6 Å². The monoisotopic (exact) mass is 1420 g/mol. The molecule has 2 aliphatic heterocycles. The number of hydrogen-bond donors (Lipinski definition) is 1. The van der Waals surface area contributed by atoms with E-state index in [1.165, 1.54) is 95.2 Å². The molecule has 34 heteroatoms. The molecule has 4 aromatic heterocycles. The van der Waals surface area contributed by atoms with Crippen LogP contribution in [0.4, 0.5) is 83.2 Å². The second-order valence-electron chi connectivity index (χ2n) is 27.9. The van der Waals surface area contributed by atoms with Crippen molar-refractivity contribution in [2.24, 2.45) is 11.8 Å². The normalized spacial score (nSPS) is 19.3. The van der Waals surface area contributed by atoms with Crippen molar-refractivity contribution in [1.29, 1.82) is 0 Å². The molecule has 0 fully saturated rings. The van der Waals surface area contributed by atoms with Crippen LogP contribution >= 0.6 is 0 Å². The number of anilines is 2. The molecule has 8 bridgehead atoms. The number of alkyl halides is 12. The zero-order chi connectivity index (χ0) is 74.6. The lowest BCUT2D eigenvalue weighted by Gasteiger charge is -2.32. The minimum Gasteiger partial charge on any atom is -0.474 e. The fraction of sp³-hybridized carbons (Fsp3) is 0.600. The molecule has 7 rings (SSSR count). The van der Waals surface area contributed by atoms with E-state index in [0.29, 0.717) is 17.7 Å². The second kappa shape index (κ2) is 29.9. The minimum atomic E-state index is -5.29. The maximum absolute atomic E-state index is 15.3. The van der Waals surface area contributed by atoms with Crippen LogP contribution < -0.4 is 19.3 Å². The molecule has 4 atom stereocenters. The number of allylic oxidation sites excluding steroid dienone is 1. The number of pyridine rings is 2. The number of fused-ring (bicyclic) bond motifs is 10. The fourth-order valence-electron chi connectivity index (χ4n) is 9.50. The van der Waals surface area contributed by atoms with Gasteiger partial charge in [0, 0.05) is 6.42 Å². The summed E-state index contributed by atoms with van der Waals surface area (Å²) in [6.07, 6.45) is -27.2. The summed E-state index contributed by atoms with van der Waals surface area (Å²) in [5, 5.41) is 25.1. The maximum Gasteiger partial charge on any atom is 0.426 e. The minimum absolute atomic E-state index is 0.0159. The van der Waals surface area contributed by atoms with Crippen molar-refractivity contribution in [3.8, 4) is 34.9 Å². The molecule has 1 aromatic carbocycles. The van der Waals surface area contributed by atoms with E-state index < -0.39 is 189 Å². The third-order valence-electron chi connectivity index (χ3n) is 14.3. The van der Waals surface area contributed by atoms with E-state index in [9.17, 15) is 63.8 Å². The summed E-state index contributed by atoms with van der Waals surface area (Å²) in [6.45, 7) is 23.4. The van der Waals surface area contributed by atoms with Crippen molar-refractivity contribution < 1.29 is 119 Å². The number of rotatable bonds is 7. The highest BCUT2D eigenvalue weighted by Crippen LogP contribution is 2.50. The molecule has 0 aliphatic carbocycles. The molecule has 0 saturated heterocycles. The summed E-state index contributed by atoms with van der Waals surface area (Å²) < 4.78 is 226. The van der Waals surface area contributed by atoms with Crippen LogP contribution in [0, 0.1) is 11.8 Å². The number of amides is 4. The Morgan fingerprint density at radius 2 is 0.960 bits per heavy atom. The molecule has 22 nitrogen and oxygen atoms in total. The highest BCUT2D eigenvalue weighted by molar-refractivity contribution is 6.12.